The van der Waals surface area contributed by atoms with Crippen LogP contribution in [0.4, 0.5) is 13.2 Å². The van der Waals surface area contributed by atoms with Gasteiger partial charge in [0.1, 0.15) is 6.54 Å². The molecule has 0 heterocycles. The Morgan fingerprint density at radius 2 is 1.78 bits per heavy atom. The standard InChI is InChI=1S/C9H20F3N3O2S/c1-3-6-15(8-9(10,11)12)18(16,17)14(2)7-4-5-13/h3-8,13H2,1-2H3. The summed E-state index contributed by atoms with van der Waals surface area (Å²) < 4.78 is 62.2. The monoisotopic (exact) mass is 291 g/mol. The van der Waals surface area contributed by atoms with E-state index in [9.17, 15) is 21.6 Å². The maximum Gasteiger partial charge on any atom is 0.402 e. The number of alkyl halides is 3. The van der Waals surface area contributed by atoms with Crippen molar-refractivity contribution in [1.29, 1.82) is 0 Å². The predicted molar refractivity (Wildman–Crippen MR) is 63.1 cm³/mol. The van der Waals surface area contributed by atoms with Crippen LogP contribution in [0.25, 0.3) is 0 Å². The van der Waals surface area contributed by atoms with Crippen molar-refractivity contribution in [3.63, 3.8) is 0 Å². The Hall–Kier alpha value is -0.380. The first-order valence-electron chi connectivity index (χ1n) is 5.63. The minimum absolute atomic E-state index is 0.108. The summed E-state index contributed by atoms with van der Waals surface area (Å²) in [7, 11) is -2.82. The van der Waals surface area contributed by atoms with Crippen molar-refractivity contribution in [2.24, 2.45) is 5.73 Å². The highest BCUT2D eigenvalue weighted by Gasteiger charge is 2.37. The summed E-state index contributed by atoms with van der Waals surface area (Å²) in [6.45, 7) is 0.396. The Kier molecular flexibility index (Phi) is 7.11. The average Bonchev–Trinajstić information content (AvgIpc) is 2.23. The van der Waals surface area contributed by atoms with Crippen molar-refractivity contribution in [2.75, 3.05) is 33.2 Å². The highest BCUT2D eigenvalue weighted by atomic mass is 32.2. The van der Waals surface area contributed by atoms with Gasteiger partial charge in [-0.3, -0.25) is 0 Å². The van der Waals surface area contributed by atoms with Gasteiger partial charge in [-0.1, -0.05) is 6.92 Å². The molecule has 0 fully saturated rings. The van der Waals surface area contributed by atoms with Crippen LogP contribution in [0, 0.1) is 0 Å². The van der Waals surface area contributed by atoms with Gasteiger partial charge in [0, 0.05) is 20.1 Å². The SMILES string of the molecule is CCCN(CC(F)(F)F)S(=O)(=O)N(C)CCCN. The summed E-state index contributed by atoms with van der Waals surface area (Å²) in [6.07, 6.45) is -3.82. The second-order valence-electron chi connectivity index (χ2n) is 3.92. The zero-order valence-electron chi connectivity index (χ0n) is 10.6. The van der Waals surface area contributed by atoms with Crippen LogP contribution < -0.4 is 5.73 Å². The summed E-state index contributed by atoms with van der Waals surface area (Å²) in [5, 5.41) is 0. The molecule has 0 aliphatic carbocycles. The fourth-order valence-electron chi connectivity index (χ4n) is 1.35. The third-order valence-electron chi connectivity index (χ3n) is 2.23. The van der Waals surface area contributed by atoms with E-state index in [0.717, 1.165) is 4.31 Å². The summed E-state index contributed by atoms with van der Waals surface area (Å²) >= 11 is 0. The lowest BCUT2D eigenvalue weighted by molar-refractivity contribution is -0.136. The zero-order chi connectivity index (χ0) is 14.4. The molecular weight excluding hydrogens is 271 g/mol. The van der Waals surface area contributed by atoms with Crippen LogP contribution in [0.3, 0.4) is 0 Å². The molecule has 0 aromatic carbocycles. The van der Waals surface area contributed by atoms with E-state index in [1.54, 1.807) is 6.92 Å². The Morgan fingerprint density at radius 3 is 2.17 bits per heavy atom. The van der Waals surface area contributed by atoms with E-state index < -0.39 is 22.9 Å². The summed E-state index contributed by atoms with van der Waals surface area (Å²) in [4.78, 5) is 0. The van der Waals surface area contributed by atoms with Crippen molar-refractivity contribution < 1.29 is 21.6 Å². The van der Waals surface area contributed by atoms with Gasteiger partial charge >= 0.3 is 6.18 Å². The molecule has 0 rings (SSSR count). The molecule has 0 aliphatic rings. The highest BCUT2D eigenvalue weighted by Crippen LogP contribution is 2.20. The molecule has 0 bridgehead atoms. The normalized spacial score (nSPS) is 13.6. The third-order valence-corrected chi connectivity index (χ3v) is 4.16. The number of nitrogens with zero attached hydrogens (tertiary/aromatic N) is 2. The topological polar surface area (TPSA) is 66.6 Å². The van der Waals surface area contributed by atoms with E-state index in [4.69, 9.17) is 5.73 Å². The van der Waals surface area contributed by atoms with Crippen LogP contribution in [0.15, 0.2) is 0 Å². The lowest BCUT2D eigenvalue weighted by atomic mass is 10.4. The van der Waals surface area contributed by atoms with Crippen molar-refractivity contribution >= 4 is 10.2 Å². The van der Waals surface area contributed by atoms with Gasteiger partial charge in [-0.25, -0.2) is 0 Å². The van der Waals surface area contributed by atoms with E-state index in [1.165, 1.54) is 7.05 Å². The van der Waals surface area contributed by atoms with E-state index in [2.05, 4.69) is 0 Å². The van der Waals surface area contributed by atoms with E-state index in [-0.39, 0.29) is 19.6 Å². The summed E-state index contributed by atoms with van der Waals surface area (Å²) in [5.74, 6) is 0. The molecule has 0 spiro atoms. The first kappa shape index (κ1) is 17.6. The molecule has 0 aliphatic heterocycles. The highest BCUT2D eigenvalue weighted by molar-refractivity contribution is 7.86. The van der Waals surface area contributed by atoms with Gasteiger partial charge in [-0.15, -0.1) is 0 Å². The van der Waals surface area contributed by atoms with Gasteiger partial charge in [-0.05, 0) is 19.4 Å². The van der Waals surface area contributed by atoms with Gasteiger partial charge in [0.2, 0.25) is 0 Å². The molecule has 0 saturated heterocycles. The predicted octanol–water partition coefficient (Wildman–Crippen LogP) is 0.786. The fourth-order valence-corrected chi connectivity index (χ4v) is 2.83. The van der Waals surface area contributed by atoms with Gasteiger partial charge in [0.05, 0.1) is 0 Å². The van der Waals surface area contributed by atoms with Gasteiger partial charge in [0.25, 0.3) is 10.2 Å². The lowest BCUT2D eigenvalue weighted by Gasteiger charge is -2.27. The molecule has 2 N–H and O–H groups in total. The second-order valence-corrected chi connectivity index (χ2v) is 5.96. The molecule has 5 nitrogen and oxygen atoms in total. The van der Waals surface area contributed by atoms with E-state index in [1.807, 2.05) is 0 Å². The van der Waals surface area contributed by atoms with Crippen LogP contribution in [-0.2, 0) is 10.2 Å². The van der Waals surface area contributed by atoms with E-state index in [0.29, 0.717) is 17.1 Å². The van der Waals surface area contributed by atoms with Crippen LogP contribution in [-0.4, -0.2) is 56.4 Å². The third kappa shape index (κ3) is 5.98. The van der Waals surface area contributed by atoms with Crippen molar-refractivity contribution in [1.82, 2.24) is 8.61 Å². The minimum atomic E-state index is -4.54. The average molecular weight is 291 g/mol. The maximum atomic E-state index is 12.3. The van der Waals surface area contributed by atoms with Gasteiger partial charge in [-0.2, -0.15) is 30.2 Å². The molecule has 0 amide bonds. The Bertz CT molecular complexity index is 332. The fraction of sp³-hybridized carbons (Fsp3) is 1.00. The molecule has 0 aromatic heterocycles. The van der Waals surface area contributed by atoms with Crippen LogP contribution in [0.2, 0.25) is 0 Å². The number of hydrogen-bond acceptors (Lipinski definition) is 3. The maximum absolute atomic E-state index is 12.3. The quantitative estimate of drug-likeness (QED) is 0.719. The zero-order valence-corrected chi connectivity index (χ0v) is 11.4. The molecular formula is C9H20F3N3O2S. The van der Waals surface area contributed by atoms with Crippen LogP contribution in [0.1, 0.15) is 19.8 Å². The smallest absolute Gasteiger partial charge is 0.330 e. The van der Waals surface area contributed by atoms with Crippen molar-refractivity contribution in [3.05, 3.63) is 0 Å². The number of rotatable bonds is 8. The van der Waals surface area contributed by atoms with Crippen LogP contribution >= 0.6 is 0 Å². The summed E-state index contributed by atoms with van der Waals surface area (Å²) in [5.41, 5.74) is 5.24. The second kappa shape index (κ2) is 7.27. The molecule has 18 heavy (non-hydrogen) atoms. The van der Waals surface area contributed by atoms with Gasteiger partial charge in [0.15, 0.2) is 0 Å². The largest absolute Gasteiger partial charge is 0.402 e. The number of hydrogen-bond donors (Lipinski definition) is 1. The molecule has 0 radical (unpaired) electrons. The Labute approximate surface area is 106 Å². The van der Waals surface area contributed by atoms with Crippen molar-refractivity contribution in [3.8, 4) is 0 Å². The van der Waals surface area contributed by atoms with Crippen LogP contribution in [0.5, 0.6) is 0 Å². The Morgan fingerprint density at radius 1 is 1.22 bits per heavy atom. The van der Waals surface area contributed by atoms with Crippen molar-refractivity contribution in [2.45, 2.75) is 25.9 Å². The first-order valence-corrected chi connectivity index (χ1v) is 7.03. The molecule has 0 saturated carbocycles. The lowest BCUT2D eigenvalue weighted by Crippen LogP contribution is -2.46. The first-order chi connectivity index (χ1) is 8.15. The number of halogens is 3. The molecule has 0 aromatic rings. The summed E-state index contributed by atoms with van der Waals surface area (Å²) in [6, 6.07) is 0. The van der Waals surface area contributed by atoms with Gasteiger partial charge < -0.3 is 5.73 Å². The Balaban J connectivity index is 4.86. The molecule has 110 valence electrons. The molecule has 9 heteroatoms. The molecule has 0 unspecified atom stereocenters. The minimum Gasteiger partial charge on any atom is -0.330 e. The number of nitrogens with two attached hydrogens (primary N) is 1. The molecule has 0 atom stereocenters. The van der Waals surface area contributed by atoms with E-state index >= 15 is 0 Å².